The number of benzene rings is 2. The van der Waals surface area contributed by atoms with Gasteiger partial charge in [-0.1, -0.05) is 41.4 Å². The highest BCUT2D eigenvalue weighted by Gasteiger charge is 2.15. The predicted octanol–water partition coefficient (Wildman–Crippen LogP) is 5.61. The Morgan fingerprint density at radius 3 is 2.50 bits per heavy atom. The molecule has 1 N–H and O–H groups in total. The zero-order valence-corrected chi connectivity index (χ0v) is 13.1. The first-order chi connectivity index (χ1) is 9.58. The molecule has 5 heteroatoms. The van der Waals surface area contributed by atoms with Gasteiger partial charge in [-0.2, -0.15) is 0 Å². The Morgan fingerprint density at radius 1 is 1.10 bits per heavy atom. The average Bonchev–Trinajstić information content (AvgIpc) is 2.76. The molecule has 1 atom stereocenters. The smallest absolute Gasteiger partial charge is 0.178 e. The van der Waals surface area contributed by atoms with Crippen LogP contribution in [0.15, 0.2) is 42.5 Å². The summed E-state index contributed by atoms with van der Waals surface area (Å²) in [6, 6.07) is 13.6. The molecule has 0 saturated carbocycles. The minimum Gasteiger partial charge on any atom is -0.331 e. The van der Waals surface area contributed by atoms with E-state index in [4.69, 9.17) is 35.4 Å². The van der Waals surface area contributed by atoms with Crippen molar-refractivity contribution in [1.82, 2.24) is 9.55 Å². The van der Waals surface area contributed by atoms with E-state index >= 15 is 0 Å². The lowest BCUT2D eigenvalue weighted by molar-refractivity contribution is 0.649. The molecule has 0 amide bonds. The quantitative estimate of drug-likeness (QED) is 0.607. The van der Waals surface area contributed by atoms with E-state index < -0.39 is 0 Å². The minimum absolute atomic E-state index is 0.0772. The maximum Gasteiger partial charge on any atom is 0.178 e. The van der Waals surface area contributed by atoms with Crippen molar-refractivity contribution in [1.29, 1.82) is 0 Å². The number of rotatable bonds is 2. The molecule has 3 rings (SSSR count). The van der Waals surface area contributed by atoms with Crippen LogP contribution in [0.1, 0.15) is 18.5 Å². The molecule has 0 saturated heterocycles. The number of halogens is 2. The molecule has 1 unspecified atom stereocenters. The number of aromatic nitrogens is 2. The van der Waals surface area contributed by atoms with Crippen molar-refractivity contribution in [2.45, 2.75) is 13.0 Å². The topological polar surface area (TPSA) is 20.7 Å². The Kier molecular flexibility index (Phi) is 3.59. The van der Waals surface area contributed by atoms with Gasteiger partial charge >= 0.3 is 0 Å². The highest BCUT2D eigenvalue weighted by atomic mass is 35.5. The summed E-state index contributed by atoms with van der Waals surface area (Å²) in [5, 5.41) is 1.41. The first-order valence-corrected chi connectivity index (χ1v) is 7.38. The Morgan fingerprint density at radius 2 is 1.80 bits per heavy atom. The van der Waals surface area contributed by atoms with Gasteiger partial charge in [-0.25, -0.2) is 0 Å². The van der Waals surface area contributed by atoms with Gasteiger partial charge < -0.3 is 9.55 Å². The summed E-state index contributed by atoms with van der Waals surface area (Å²) < 4.78 is 2.70. The minimum atomic E-state index is 0.0772. The van der Waals surface area contributed by atoms with Crippen molar-refractivity contribution in [2.75, 3.05) is 0 Å². The monoisotopic (exact) mass is 322 g/mol. The van der Waals surface area contributed by atoms with E-state index in [1.807, 2.05) is 47.0 Å². The molecule has 0 bridgehead atoms. The largest absolute Gasteiger partial charge is 0.331 e. The number of fused-ring (bicyclic) bond motifs is 1. The van der Waals surface area contributed by atoms with Crippen LogP contribution in [-0.2, 0) is 0 Å². The predicted molar refractivity (Wildman–Crippen MR) is 87.4 cm³/mol. The summed E-state index contributed by atoms with van der Waals surface area (Å²) in [6.45, 7) is 2.09. The summed E-state index contributed by atoms with van der Waals surface area (Å²) >= 11 is 17.7. The Bertz CT molecular complexity index is 818. The van der Waals surface area contributed by atoms with Gasteiger partial charge in [-0.3, -0.25) is 0 Å². The average molecular weight is 323 g/mol. The number of nitrogens with one attached hydrogen (secondary N) is 1. The molecule has 1 aromatic heterocycles. The molecule has 0 aliphatic rings. The highest BCUT2D eigenvalue weighted by molar-refractivity contribution is 7.71. The fourth-order valence-corrected chi connectivity index (χ4v) is 3.15. The van der Waals surface area contributed by atoms with Crippen LogP contribution in [0.3, 0.4) is 0 Å². The summed E-state index contributed by atoms with van der Waals surface area (Å²) in [5.74, 6) is 0. The summed E-state index contributed by atoms with van der Waals surface area (Å²) in [6.07, 6.45) is 0. The van der Waals surface area contributed by atoms with E-state index in [0.29, 0.717) is 9.79 Å². The van der Waals surface area contributed by atoms with Crippen LogP contribution in [0.25, 0.3) is 11.0 Å². The van der Waals surface area contributed by atoms with Crippen molar-refractivity contribution in [3.05, 3.63) is 62.8 Å². The van der Waals surface area contributed by atoms with Gasteiger partial charge in [0.15, 0.2) is 4.77 Å². The van der Waals surface area contributed by atoms with Crippen LogP contribution in [0.5, 0.6) is 0 Å². The Hall–Kier alpha value is -1.29. The van der Waals surface area contributed by atoms with Crippen LogP contribution in [0, 0.1) is 4.77 Å². The lowest BCUT2D eigenvalue weighted by Crippen LogP contribution is -2.06. The van der Waals surface area contributed by atoms with Crippen LogP contribution in [-0.4, -0.2) is 9.55 Å². The van der Waals surface area contributed by atoms with Crippen molar-refractivity contribution < 1.29 is 0 Å². The number of nitrogens with zero attached hydrogens (tertiary/aromatic N) is 1. The van der Waals surface area contributed by atoms with Crippen molar-refractivity contribution in [3.8, 4) is 0 Å². The van der Waals surface area contributed by atoms with Gasteiger partial charge in [0, 0.05) is 5.02 Å². The third-order valence-electron chi connectivity index (χ3n) is 3.43. The standard InChI is InChI=1S/C15H12Cl2N2S/c1-9(10-5-7-11(16)8-6-10)19-14-12(17)3-2-4-13(14)18-15(19)20/h2-9H,1H3,(H,18,20). The molecule has 0 radical (unpaired) electrons. The highest BCUT2D eigenvalue weighted by Crippen LogP contribution is 2.29. The molecule has 3 aromatic rings. The lowest BCUT2D eigenvalue weighted by Gasteiger charge is -2.15. The van der Waals surface area contributed by atoms with E-state index in [2.05, 4.69) is 11.9 Å². The molecule has 0 aliphatic carbocycles. The van der Waals surface area contributed by atoms with E-state index in [0.717, 1.165) is 21.6 Å². The number of aromatic amines is 1. The third-order valence-corrected chi connectivity index (χ3v) is 4.28. The molecule has 0 spiro atoms. The van der Waals surface area contributed by atoms with Crippen LogP contribution >= 0.6 is 35.4 Å². The number of hydrogen-bond donors (Lipinski definition) is 1. The molecule has 0 fully saturated rings. The summed E-state index contributed by atoms with van der Waals surface area (Å²) in [7, 11) is 0. The van der Waals surface area contributed by atoms with Gasteiger partial charge in [0.25, 0.3) is 0 Å². The number of H-pyrrole nitrogens is 1. The first-order valence-electron chi connectivity index (χ1n) is 6.22. The molecule has 2 nitrogen and oxygen atoms in total. The molecule has 2 aromatic carbocycles. The number of imidazole rings is 1. The van der Waals surface area contributed by atoms with Crippen LogP contribution in [0.4, 0.5) is 0 Å². The Balaban J connectivity index is 2.21. The lowest BCUT2D eigenvalue weighted by atomic mass is 10.1. The second-order valence-electron chi connectivity index (χ2n) is 4.66. The summed E-state index contributed by atoms with van der Waals surface area (Å²) in [4.78, 5) is 3.20. The third kappa shape index (κ3) is 2.26. The second kappa shape index (κ2) is 5.24. The van der Waals surface area contributed by atoms with Crippen LogP contribution < -0.4 is 0 Å². The molecule has 1 heterocycles. The maximum atomic E-state index is 6.32. The van der Waals surface area contributed by atoms with Crippen molar-refractivity contribution in [2.24, 2.45) is 0 Å². The Labute approximate surface area is 132 Å². The molecule has 20 heavy (non-hydrogen) atoms. The van der Waals surface area contributed by atoms with Gasteiger partial charge in [0.2, 0.25) is 0 Å². The van der Waals surface area contributed by atoms with Gasteiger partial charge in [-0.15, -0.1) is 0 Å². The zero-order valence-electron chi connectivity index (χ0n) is 10.7. The molecular weight excluding hydrogens is 311 g/mol. The number of para-hydroxylation sites is 1. The van der Waals surface area contributed by atoms with Gasteiger partial charge in [0.1, 0.15) is 0 Å². The number of hydrogen-bond acceptors (Lipinski definition) is 1. The second-order valence-corrected chi connectivity index (χ2v) is 5.89. The van der Waals surface area contributed by atoms with Crippen molar-refractivity contribution >= 4 is 46.5 Å². The van der Waals surface area contributed by atoms with Gasteiger partial charge in [-0.05, 0) is 49.0 Å². The van der Waals surface area contributed by atoms with Crippen molar-refractivity contribution in [3.63, 3.8) is 0 Å². The first kappa shape index (κ1) is 13.7. The maximum absolute atomic E-state index is 6.32. The fourth-order valence-electron chi connectivity index (χ4n) is 2.40. The normalized spacial score (nSPS) is 12.8. The molecule has 0 aliphatic heterocycles. The molecular formula is C15H12Cl2N2S. The SMILES string of the molecule is CC(c1ccc(Cl)cc1)n1c(=S)[nH]c2cccc(Cl)c21. The zero-order chi connectivity index (χ0) is 14.3. The van der Waals surface area contributed by atoms with E-state index in [-0.39, 0.29) is 6.04 Å². The van der Waals surface area contributed by atoms with E-state index in [1.165, 1.54) is 0 Å². The van der Waals surface area contributed by atoms with Gasteiger partial charge in [0.05, 0.1) is 22.1 Å². The molecule has 102 valence electrons. The fraction of sp³-hybridized carbons (Fsp3) is 0.133. The van der Waals surface area contributed by atoms with Crippen LogP contribution in [0.2, 0.25) is 10.0 Å². The van der Waals surface area contributed by atoms with E-state index in [9.17, 15) is 0 Å². The van der Waals surface area contributed by atoms with E-state index in [1.54, 1.807) is 0 Å². The summed E-state index contributed by atoms with van der Waals surface area (Å²) in [5.41, 5.74) is 3.01.